The van der Waals surface area contributed by atoms with E-state index in [4.69, 9.17) is 5.11 Å². The van der Waals surface area contributed by atoms with Crippen LogP contribution >= 0.6 is 0 Å². The van der Waals surface area contributed by atoms with Crippen LogP contribution in [0.5, 0.6) is 0 Å². The van der Waals surface area contributed by atoms with Gasteiger partial charge in [-0.1, -0.05) is 61.4 Å². The standard InChI is InChI=1S/C19H26O2/c1-15(9-6-5-7-11-18(20)21)12-13-17-16(2)10-8-14-19(17,3)4/h5-7,9,11-13H,8,10,14H2,1-4H3,(H,20,21)/b6-5+,11-7+,13-12+,15-9-. The van der Waals surface area contributed by atoms with Gasteiger partial charge in [0.1, 0.15) is 0 Å². The summed E-state index contributed by atoms with van der Waals surface area (Å²) >= 11 is 0. The first-order valence-corrected chi connectivity index (χ1v) is 7.46. The Balaban J connectivity index is 2.73. The first-order valence-electron chi connectivity index (χ1n) is 7.46. The molecule has 0 unspecified atom stereocenters. The van der Waals surface area contributed by atoms with E-state index in [-0.39, 0.29) is 5.41 Å². The average molecular weight is 286 g/mol. The Kier molecular flexibility index (Phi) is 6.41. The molecule has 2 nitrogen and oxygen atoms in total. The predicted molar refractivity (Wildman–Crippen MR) is 89.1 cm³/mol. The average Bonchev–Trinajstić information content (AvgIpc) is 2.36. The molecule has 1 aliphatic rings. The Bertz CT molecular complexity index is 526. The minimum absolute atomic E-state index is 0.263. The number of rotatable bonds is 5. The van der Waals surface area contributed by atoms with Crippen LogP contribution in [0.15, 0.2) is 59.3 Å². The van der Waals surface area contributed by atoms with Crippen LogP contribution in [0.1, 0.15) is 47.0 Å². The summed E-state index contributed by atoms with van der Waals surface area (Å²) in [6.07, 6.45) is 16.3. The van der Waals surface area contributed by atoms with E-state index in [0.29, 0.717) is 0 Å². The number of carboxylic acid groups (broad SMARTS) is 1. The lowest BCUT2D eigenvalue weighted by atomic mass is 9.72. The number of carbonyl (C=O) groups is 1. The van der Waals surface area contributed by atoms with Gasteiger partial charge >= 0.3 is 5.97 Å². The molecule has 0 aromatic heterocycles. The molecule has 0 heterocycles. The molecule has 0 spiro atoms. The molecule has 0 aromatic carbocycles. The Morgan fingerprint density at radius 3 is 2.52 bits per heavy atom. The monoisotopic (exact) mass is 286 g/mol. The maximum Gasteiger partial charge on any atom is 0.328 e. The second kappa shape index (κ2) is 7.82. The van der Waals surface area contributed by atoms with Crippen molar-refractivity contribution in [2.75, 3.05) is 0 Å². The van der Waals surface area contributed by atoms with E-state index in [9.17, 15) is 4.79 Å². The second-order valence-corrected chi connectivity index (χ2v) is 6.26. The van der Waals surface area contributed by atoms with Crippen molar-refractivity contribution in [2.24, 2.45) is 5.41 Å². The lowest BCUT2D eigenvalue weighted by molar-refractivity contribution is -0.131. The molecule has 1 N–H and O–H groups in total. The molecule has 0 radical (unpaired) electrons. The van der Waals surface area contributed by atoms with Crippen molar-refractivity contribution in [3.8, 4) is 0 Å². The fraction of sp³-hybridized carbons (Fsp3) is 0.421. The van der Waals surface area contributed by atoms with Crippen LogP contribution in [-0.2, 0) is 4.79 Å². The van der Waals surface area contributed by atoms with Crippen molar-refractivity contribution in [1.29, 1.82) is 0 Å². The molecule has 2 heteroatoms. The zero-order valence-corrected chi connectivity index (χ0v) is 13.5. The van der Waals surface area contributed by atoms with E-state index in [2.05, 4.69) is 32.9 Å². The van der Waals surface area contributed by atoms with Gasteiger partial charge in [-0.25, -0.2) is 4.79 Å². The zero-order valence-electron chi connectivity index (χ0n) is 13.5. The smallest absolute Gasteiger partial charge is 0.328 e. The fourth-order valence-corrected chi connectivity index (χ4v) is 2.69. The third-order valence-corrected chi connectivity index (χ3v) is 3.88. The van der Waals surface area contributed by atoms with Gasteiger partial charge in [-0.2, -0.15) is 0 Å². The number of carboxylic acids is 1. The van der Waals surface area contributed by atoms with Crippen LogP contribution in [0.25, 0.3) is 0 Å². The zero-order chi connectivity index (χ0) is 15.9. The molecule has 0 aliphatic heterocycles. The molecule has 21 heavy (non-hydrogen) atoms. The Morgan fingerprint density at radius 2 is 1.90 bits per heavy atom. The molecular weight excluding hydrogens is 260 g/mol. The van der Waals surface area contributed by atoms with E-state index in [1.807, 2.05) is 19.1 Å². The third-order valence-electron chi connectivity index (χ3n) is 3.88. The number of hydrogen-bond acceptors (Lipinski definition) is 1. The number of hydrogen-bond donors (Lipinski definition) is 1. The minimum atomic E-state index is -0.929. The molecule has 1 rings (SSSR count). The molecule has 0 saturated carbocycles. The Morgan fingerprint density at radius 1 is 1.19 bits per heavy atom. The summed E-state index contributed by atoms with van der Waals surface area (Å²) in [6.45, 7) is 8.90. The summed E-state index contributed by atoms with van der Waals surface area (Å²) in [4.78, 5) is 10.3. The van der Waals surface area contributed by atoms with Gasteiger partial charge in [0.05, 0.1) is 0 Å². The maximum atomic E-state index is 10.3. The molecule has 0 atom stereocenters. The van der Waals surface area contributed by atoms with E-state index in [0.717, 1.165) is 11.6 Å². The maximum absolute atomic E-state index is 10.3. The SMILES string of the molecule is CC1=C(/C=C/C(C)=C\C=C\C=C\C(=O)O)C(C)(C)CCC1. The summed E-state index contributed by atoms with van der Waals surface area (Å²) in [5, 5.41) is 8.47. The van der Waals surface area contributed by atoms with Crippen LogP contribution < -0.4 is 0 Å². The molecule has 0 fully saturated rings. The lowest BCUT2D eigenvalue weighted by Gasteiger charge is -2.32. The topological polar surface area (TPSA) is 37.3 Å². The first-order chi connectivity index (χ1) is 9.83. The lowest BCUT2D eigenvalue weighted by Crippen LogP contribution is -2.19. The summed E-state index contributed by atoms with van der Waals surface area (Å²) in [6, 6.07) is 0. The van der Waals surface area contributed by atoms with Gasteiger partial charge in [-0.15, -0.1) is 0 Å². The van der Waals surface area contributed by atoms with E-state index < -0.39 is 5.97 Å². The van der Waals surface area contributed by atoms with Gasteiger partial charge in [0.2, 0.25) is 0 Å². The van der Waals surface area contributed by atoms with Gasteiger partial charge in [-0.05, 0) is 44.1 Å². The Labute approximate surface area is 128 Å². The highest BCUT2D eigenvalue weighted by Crippen LogP contribution is 2.40. The highest BCUT2D eigenvalue weighted by molar-refractivity contribution is 5.80. The van der Waals surface area contributed by atoms with Crippen molar-refractivity contribution in [3.05, 3.63) is 59.3 Å². The molecule has 114 valence electrons. The first kappa shape index (κ1) is 17.2. The molecular formula is C19H26O2. The third kappa shape index (κ3) is 5.99. The van der Waals surface area contributed by atoms with Crippen LogP contribution in [0.4, 0.5) is 0 Å². The van der Waals surface area contributed by atoms with E-state index in [1.54, 1.807) is 6.08 Å². The van der Waals surface area contributed by atoms with E-state index >= 15 is 0 Å². The predicted octanol–water partition coefficient (Wildman–Crippen LogP) is 5.21. The number of allylic oxidation sites excluding steroid dienone is 9. The van der Waals surface area contributed by atoms with Crippen molar-refractivity contribution in [3.63, 3.8) is 0 Å². The Hall–Kier alpha value is -1.83. The van der Waals surface area contributed by atoms with Crippen molar-refractivity contribution < 1.29 is 9.90 Å². The number of aliphatic carboxylic acids is 1. The normalized spacial score (nSPS) is 20.1. The molecule has 0 saturated heterocycles. The van der Waals surface area contributed by atoms with Gasteiger partial charge in [0, 0.05) is 6.08 Å². The fourth-order valence-electron chi connectivity index (χ4n) is 2.69. The van der Waals surface area contributed by atoms with Crippen LogP contribution in [-0.4, -0.2) is 11.1 Å². The summed E-state index contributed by atoms with van der Waals surface area (Å²) in [7, 11) is 0. The van der Waals surface area contributed by atoms with Crippen molar-refractivity contribution >= 4 is 5.97 Å². The van der Waals surface area contributed by atoms with Gasteiger partial charge < -0.3 is 5.11 Å². The quantitative estimate of drug-likeness (QED) is 0.556. The summed E-state index contributed by atoms with van der Waals surface area (Å²) in [5.41, 5.74) is 4.36. The molecule has 0 aromatic rings. The highest BCUT2D eigenvalue weighted by Gasteiger charge is 2.26. The van der Waals surface area contributed by atoms with Gasteiger partial charge in [-0.3, -0.25) is 0 Å². The second-order valence-electron chi connectivity index (χ2n) is 6.26. The van der Waals surface area contributed by atoms with E-state index in [1.165, 1.54) is 36.5 Å². The molecule has 0 bridgehead atoms. The molecule has 1 aliphatic carbocycles. The van der Waals surface area contributed by atoms with Crippen LogP contribution in [0, 0.1) is 5.41 Å². The summed E-state index contributed by atoms with van der Waals surface area (Å²) in [5.74, 6) is -0.929. The van der Waals surface area contributed by atoms with Crippen LogP contribution in [0.3, 0.4) is 0 Å². The van der Waals surface area contributed by atoms with Crippen molar-refractivity contribution in [1.82, 2.24) is 0 Å². The van der Waals surface area contributed by atoms with Gasteiger partial charge in [0.25, 0.3) is 0 Å². The summed E-state index contributed by atoms with van der Waals surface area (Å²) < 4.78 is 0. The van der Waals surface area contributed by atoms with Gasteiger partial charge in [0.15, 0.2) is 0 Å². The highest BCUT2D eigenvalue weighted by atomic mass is 16.4. The van der Waals surface area contributed by atoms with Crippen LogP contribution in [0.2, 0.25) is 0 Å². The minimum Gasteiger partial charge on any atom is -0.478 e. The molecule has 0 amide bonds. The van der Waals surface area contributed by atoms with Crippen molar-refractivity contribution in [2.45, 2.75) is 47.0 Å². The largest absolute Gasteiger partial charge is 0.478 e.